The molecule has 112 valence electrons. The first-order valence-electron chi connectivity index (χ1n) is 7.72. The third kappa shape index (κ3) is 4.91. The van der Waals surface area contributed by atoms with Gasteiger partial charge in [0.25, 0.3) is 0 Å². The van der Waals surface area contributed by atoms with Gasteiger partial charge >= 0.3 is 0 Å². The molecule has 0 bridgehead atoms. The Balaban J connectivity index is 2.07. The molecule has 1 atom stereocenters. The van der Waals surface area contributed by atoms with Crippen molar-refractivity contribution in [3.8, 4) is 5.75 Å². The van der Waals surface area contributed by atoms with Crippen LogP contribution in [0.2, 0.25) is 0 Å². The van der Waals surface area contributed by atoms with Gasteiger partial charge in [0, 0.05) is 0 Å². The van der Waals surface area contributed by atoms with Crippen LogP contribution in [0.5, 0.6) is 5.75 Å². The van der Waals surface area contributed by atoms with E-state index in [0.717, 1.165) is 25.9 Å². The summed E-state index contributed by atoms with van der Waals surface area (Å²) < 4.78 is 0. The monoisotopic (exact) mass is 283 g/mol. The van der Waals surface area contributed by atoms with Crippen molar-refractivity contribution in [3.05, 3.63) is 65.2 Å². The van der Waals surface area contributed by atoms with Gasteiger partial charge in [-0.15, -0.1) is 0 Å². The molecule has 0 fully saturated rings. The standard InChI is InChI=1S/C19H25NO/c1-3-20-14-17(12-16-8-10-19(21)11-9-16)13-18-7-5-4-6-15(18)2/h4-11,17,20-21H,3,12-14H2,1-2H3. The van der Waals surface area contributed by atoms with Crippen molar-refractivity contribution in [2.45, 2.75) is 26.7 Å². The number of nitrogens with one attached hydrogen (secondary N) is 1. The summed E-state index contributed by atoms with van der Waals surface area (Å²) in [5, 5.41) is 12.9. The number of phenolic OH excluding ortho intramolecular Hbond substituents is 1. The first kappa shape index (κ1) is 15.6. The number of hydrogen-bond acceptors (Lipinski definition) is 2. The van der Waals surface area contributed by atoms with Crippen LogP contribution in [0, 0.1) is 12.8 Å². The lowest BCUT2D eigenvalue weighted by Crippen LogP contribution is -2.25. The van der Waals surface area contributed by atoms with Crippen molar-refractivity contribution in [2.24, 2.45) is 5.92 Å². The van der Waals surface area contributed by atoms with Crippen molar-refractivity contribution >= 4 is 0 Å². The van der Waals surface area contributed by atoms with E-state index in [4.69, 9.17) is 0 Å². The molecule has 2 aromatic rings. The molecule has 0 saturated heterocycles. The minimum atomic E-state index is 0.334. The largest absolute Gasteiger partial charge is 0.508 e. The number of hydrogen-bond donors (Lipinski definition) is 2. The summed E-state index contributed by atoms with van der Waals surface area (Å²) in [5.41, 5.74) is 4.08. The van der Waals surface area contributed by atoms with Crippen molar-refractivity contribution in [1.82, 2.24) is 5.32 Å². The molecule has 2 rings (SSSR count). The molecule has 0 amide bonds. The van der Waals surface area contributed by atoms with Crippen LogP contribution in [0.4, 0.5) is 0 Å². The highest BCUT2D eigenvalue weighted by molar-refractivity contribution is 5.28. The van der Waals surface area contributed by atoms with E-state index in [1.54, 1.807) is 12.1 Å². The van der Waals surface area contributed by atoms with Crippen LogP contribution in [-0.2, 0) is 12.8 Å². The van der Waals surface area contributed by atoms with Crippen LogP contribution in [0.15, 0.2) is 48.5 Å². The minimum absolute atomic E-state index is 0.334. The van der Waals surface area contributed by atoms with Crippen LogP contribution in [0.1, 0.15) is 23.6 Å². The van der Waals surface area contributed by atoms with Gasteiger partial charge in [-0.3, -0.25) is 0 Å². The van der Waals surface area contributed by atoms with Crippen molar-refractivity contribution < 1.29 is 5.11 Å². The van der Waals surface area contributed by atoms with E-state index in [-0.39, 0.29) is 0 Å². The Morgan fingerprint density at radius 3 is 2.38 bits per heavy atom. The predicted octanol–water partition coefficient (Wildman–Crippen LogP) is 3.71. The number of phenols is 1. The van der Waals surface area contributed by atoms with Crippen molar-refractivity contribution in [3.63, 3.8) is 0 Å². The molecule has 0 aliphatic heterocycles. The summed E-state index contributed by atoms with van der Waals surface area (Å²) in [4.78, 5) is 0. The van der Waals surface area contributed by atoms with Crippen LogP contribution < -0.4 is 5.32 Å². The van der Waals surface area contributed by atoms with Gasteiger partial charge in [0.2, 0.25) is 0 Å². The third-order valence-electron chi connectivity index (χ3n) is 3.91. The molecular formula is C19H25NO. The van der Waals surface area contributed by atoms with Crippen molar-refractivity contribution in [1.29, 1.82) is 0 Å². The van der Waals surface area contributed by atoms with Crippen LogP contribution in [0.3, 0.4) is 0 Å². The molecule has 2 aromatic carbocycles. The van der Waals surface area contributed by atoms with E-state index < -0.39 is 0 Å². The number of rotatable bonds is 7. The number of benzene rings is 2. The lowest BCUT2D eigenvalue weighted by Gasteiger charge is -2.19. The zero-order valence-corrected chi connectivity index (χ0v) is 13.0. The first-order valence-corrected chi connectivity index (χ1v) is 7.72. The number of aromatic hydroxyl groups is 1. The van der Waals surface area contributed by atoms with Crippen molar-refractivity contribution in [2.75, 3.05) is 13.1 Å². The van der Waals surface area contributed by atoms with Gasteiger partial charge in [0.05, 0.1) is 0 Å². The average molecular weight is 283 g/mol. The second-order valence-corrected chi connectivity index (χ2v) is 5.67. The molecule has 0 aliphatic rings. The fraction of sp³-hybridized carbons (Fsp3) is 0.368. The normalized spacial score (nSPS) is 12.3. The molecule has 0 aromatic heterocycles. The van der Waals surface area contributed by atoms with E-state index >= 15 is 0 Å². The van der Waals surface area contributed by atoms with E-state index in [9.17, 15) is 5.11 Å². The molecule has 21 heavy (non-hydrogen) atoms. The SMILES string of the molecule is CCNCC(Cc1ccc(O)cc1)Cc1ccccc1C. The Morgan fingerprint density at radius 2 is 1.71 bits per heavy atom. The van der Waals surface area contributed by atoms with Gasteiger partial charge in [-0.1, -0.05) is 43.3 Å². The molecule has 2 N–H and O–H groups in total. The molecule has 2 heteroatoms. The molecule has 0 radical (unpaired) electrons. The van der Waals surface area contributed by atoms with E-state index in [1.165, 1.54) is 16.7 Å². The highest BCUT2D eigenvalue weighted by Gasteiger charge is 2.12. The first-order chi connectivity index (χ1) is 10.2. The second-order valence-electron chi connectivity index (χ2n) is 5.67. The Hall–Kier alpha value is -1.80. The topological polar surface area (TPSA) is 32.3 Å². The maximum absolute atomic E-state index is 9.39. The predicted molar refractivity (Wildman–Crippen MR) is 88.7 cm³/mol. The van der Waals surface area contributed by atoms with Gasteiger partial charge in [0.15, 0.2) is 0 Å². The lowest BCUT2D eigenvalue weighted by molar-refractivity contribution is 0.469. The zero-order valence-electron chi connectivity index (χ0n) is 13.0. The van der Waals surface area contributed by atoms with E-state index in [0.29, 0.717) is 11.7 Å². The Labute approximate surface area is 127 Å². The molecular weight excluding hydrogens is 258 g/mol. The van der Waals surface area contributed by atoms with Crippen LogP contribution >= 0.6 is 0 Å². The van der Waals surface area contributed by atoms with Gasteiger partial charge in [-0.05, 0) is 67.6 Å². The quantitative estimate of drug-likeness (QED) is 0.812. The Morgan fingerprint density at radius 1 is 1.00 bits per heavy atom. The molecule has 1 unspecified atom stereocenters. The van der Waals surface area contributed by atoms with Gasteiger partial charge in [-0.25, -0.2) is 0 Å². The summed E-state index contributed by atoms with van der Waals surface area (Å²) in [6.45, 7) is 6.34. The average Bonchev–Trinajstić information content (AvgIpc) is 2.49. The molecule has 0 saturated carbocycles. The zero-order chi connectivity index (χ0) is 15.1. The summed E-state index contributed by atoms with van der Waals surface area (Å²) in [6.07, 6.45) is 2.11. The smallest absolute Gasteiger partial charge is 0.115 e. The summed E-state index contributed by atoms with van der Waals surface area (Å²) in [7, 11) is 0. The van der Waals surface area contributed by atoms with E-state index in [1.807, 2.05) is 12.1 Å². The molecule has 0 aliphatic carbocycles. The maximum atomic E-state index is 9.39. The van der Waals surface area contributed by atoms with E-state index in [2.05, 4.69) is 43.4 Å². The van der Waals surface area contributed by atoms with Crippen LogP contribution in [-0.4, -0.2) is 18.2 Å². The Kier molecular flexibility index (Phi) is 5.82. The summed E-state index contributed by atoms with van der Waals surface area (Å²) in [5.74, 6) is 0.900. The van der Waals surface area contributed by atoms with Gasteiger partial charge in [-0.2, -0.15) is 0 Å². The molecule has 0 spiro atoms. The lowest BCUT2D eigenvalue weighted by atomic mass is 9.90. The fourth-order valence-electron chi connectivity index (χ4n) is 2.68. The maximum Gasteiger partial charge on any atom is 0.115 e. The highest BCUT2D eigenvalue weighted by Crippen LogP contribution is 2.18. The fourth-order valence-corrected chi connectivity index (χ4v) is 2.68. The van der Waals surface area contributed by atoms with Gasteiger partial charge in [0.1, 0.15) is 5.75 Å². The second kappa shape index (κ2) is 7.84. The third-order valence-corrected chi connectivity index (χ3v) is 3.91. The van der Waals surface area contributed by atoms with Gasteiger partial charge < -0.3 is 10.4 Å². The number of aryl methyl sites for hydroxylation is 1. The molecule has 0 heterocycles. The Bertz CT molecular complexity index is 548. The summed E-state index contributed by atoms with van der Waals surface area (Å²) >= 11 is 0. The minimum Gasteiger partial charge on any atom is -0.508 e. The van der Waals surface area contributed by atoms with Crippen LogP contribution in [0.25, 0.3) is 0 Å². The highest BCUT2D eigenvalue weighted by atomic mass is 16.3. The summed E-state index contributed by atoms with van der Waals surface area (Å²) in [6, 6.07) is 16.2. The molecule has 2 nitrogen and oxygen atoms in total.